The zero-order chi connectivity index (χ0) is 14.0. The molecule has 1 aliphatic heterocycles. The van der Waals surface area contributed by atoms with Crippen molar-refractivity contribution in [2.24, 2.45) is 11.7 Å². The highest BCUT2D eigenvalue weighted by atomic mass is 35.5. The Hall–Kier alpha value is -0.690. The number of rotatable bonds is 3. The normalized spacial score (nSPS) is 17.8. The fourth-order valence-electron chi connectivity index (χ4n) is 2.27. The Morgan fingerprint density at radius 2 is 1.95 bits per heavy atom. The van der Waals surface area contributed by atoms with E-state index in [4.69, 9.17) is 5.73 Å². The number of nitrogens with two attached hydrogens (primary N) is 1. The summed E-state index contributed by atoms with van der Waals surface area (Å²) in [7, 11) is -3.58. The van der Waals surface area contributed by atoms with Gasteiger partial charge >= 0.3 is 0 Å². The predicted molar refractivity (Wildman–Crippen MR) is 78.9 cm³/mol. The van der Waals surface area contributed by atoms with Crippen LogP contribution in [0.3, 0.4) is 0 Å². The van der Waals surface area contributed by atoms with Gasteiger partial charge in [-0.1, -0.05) is 6.07 Å². The third kappa shape index (κ3) is 3.49. The summed E-state index contributed by atoms with van der Waals surface area (Å²) in [5.74, 6) is -0.0980. The number of halogens is 2. The zero-order valence-electron chi connectivity index (χ0n) is 11.4. The van der Waals surface area contributed by atoms with Crippen LogP contribution in [0.5, 0.6) is 0 Å². The summed E-state index contributed by atoms with van der Waals surface area (Å²) in [6.07, 6.45) is 1.54. The van der Waals surface area contributed by atoms with E-state index in [9.17, 15) is 12.8 Å². The number of benzene rings is 1. The van der Waals surface area contributed by atoms with Gasteiger partial charge in [0.25, 0.3) is 0 Å². The second kappa shape index (κ2) is 6.85. The van der Waals surface area contributed by atoms with Crippen molar-refractivity contribution in [1.82, 2.24) is 4.31 Å². The Balaban J connectivity index is 0.00000200. The van der Waals surface area contributed by atoms with Crippen LogP contribution in [0.1, 0.15) is 18.4 Å². The van der Waals surface area contributed by atoms with E-state index in [1.54, 1.807) is 6.92 Å². The highest BCUT2D eigenvalue weighted by Gasteiger charge is 2.29. The molecular formula is C13H20ClFN2O2S. The molecule has 0 unspecified atom stereocenters. The molecule has 0 radical (unpaired) electrons. The van der Waals surface area contributed by atoms with Crippen molar-refractivity contribution in [3.63, 3.8) is 0 Å². The van der Waals surface area contributed by atoms with Crippen LogP contribution in [0.25, 0.3) is 0 Å². The number of hydrogen-bond donors (Lipinski definition) is 1. The lowest BCUT2D eigenvalue weighted by atomic mass is 9.99. The second-order valence-corrected chi connectivity index (χ2v) is 6.93. The lowest BCUT2D eigenvalue weighted by Gasteiger charge is -2.30. The molecule has 0 atom stereocenters. The van der Waals surface area contributed by atoms with Gasteiger partial charge in [0.1, 0.15) is 5.82 Å². The van der Waals surface area contributed by atoms with Gasteiger partial charge in [0, 0.05) is 13.1 Å². The number of sulfonamides is 1. The van der Waals surface area contributed by atoms with Gasteiger partial charge in [0.15, 0.2) is 0 Å². The van der Waals surface area contributed by atoms with Crippen LogP contribution in [0.15, 0.2) is 23.1 Å². The topological polar surface area (TPSA) is 63.4 Å². The van der Waals surface area contributed by atoms with Crippen molar-refractivity contribution in [2.75, 3.05) is 19.6 Å². The standard InChI is InChI=1S/C13H19FN2O2S.ClH/c1-10-2-3-12(8-13(10)14)19(17,18)16-6-4-11(9-15)5-7-16;/h2-3,8,11H,4-7,9,15H2,1H3;1H. The first-order valence-electron chi connectivity index (χ1n) is 6.41. The van der Waals surface area contributed by atoms with Crippen molar-refractivity contribution in [3.8, 4) is 0 Å². The van der Waals surface area contributed by atoms with Crippen LogP contribution in [-0.4, -0.2) is 32.4 Å². The minimum atomic E-state index is -3.58. The smallest absolute Gasteiger partial charge is 0.243 e. The Labute approximate surface area is 125 Å². The Bertz CT molecular complexity index is 557. The molecule has 1 aromatic carbocycles. The number of piperidine rings is 1. The predicted octanol–water partition coefficient (Wildman–Crippen LogP) is 1.92. The summed E-state index contributed by atoms with van der Waals surface area (Å²) in [6.45, 7) is 3.12. The van der Waals surface area contributed by atoms with E-state index < -0.39 is 15.8 Å². The lowest BCUT2D eigenvalue weighted by Crippen LogP contribution is -2.40. The number of aryl methyl sites for hydroxylation is 1. The SMILES string of the molecule is Cc1ccc(S(=O)(=O)N2CCC(CN)CC2)cc1F.Cl. The third-order valence-electron chi connectivity index (χ3n) is 3.69. The largest absolute Gasteiger partial charge is 0.330 e. The zero-order valence-corrected chi connectivity index (χ0v) is 13.0. The first-order chi connectivity index (χ1) is 8.95. The maximum atomic E-state index is 13.5. The molecular weight excluding hydrogens is 303 g/mol. The van der Waals surface area contributed by atoms with E-state index in [1.165, 1.54) is 16.4 Å². The molecule has 20 heavy (non-hydrogen) atoms. The molecule has 4 nitrogen and oxygen atoms in total. The lowest BCUT2D eigenvalue weighted by molar-refractivity contribution is 0.278. The van der Waals surface area contributed by atoms with E-state index in [-0.39, 0.29) is 17.3 Å². The molecule has 0 bridgehead atoms. The molecule has 0 saturated carbocycles. The average molecular weight is 323 g/mol. The average Bonchev–Trinajstić information content (AvgIpc) is 2.41. The molecule has 1 aromatic rings. The molecule has 114 valence electrons. The van der Waals surface area contributed by atoms with Gasteiger partial charge in [0.2, 0.25) is 10.0 Å². The van der Waals surface area contributed by atoms with E-state index in [2.05, 4.69) is 0 Å². The molecule has 0 aromatic heterocycles. The maximum absolute atomic E-state index is 13.5. The fourth-order valence-corrected chi connectivity index (χ4v) is 3.75. The minimum absolute atomic E-state index is 0. The fraction of sp³-hybridized carbons (Fsp3) is 0.538. The molecule has 2 N–H and O–H groups in total. The number of hydrogen-bond acceptors (Lipinski definition) is 3. The van der Waals surface area contributed by atoms with Crippen LogP contribution >= 0.6 is 12.4 Å². The van der Waals surface area contributed by atoms with E-state index in [0.29, 0.717) is 31.1 Å². The Morgan fingerprint density at radius 1 is 1.35 bits per heavy atom. The van der Waals surface area contributed by atoms with Crippen LogP contribution in [0.4, 0.5) is 4.39 Å². The highest BCUT2D eigenvalue weighted by Crippen LogP contribution is 2.24. The molecule has 0 spiro atoms. The van der Waals surface area contributed by atoms with Gasteiger partial charge in [-0.2, -0.15) is 4.31 Å². The van der Waals surface area contributed by atoms with E-state index in [1.807, 2.05) is 0 Å². The van der Waals surface area contributed by atoms with E-state index in [0.717, 1.165) is 18.9 Å². The summed E-state index contributed by atoms with van der Waals surface area (Å²) >= 11 is 0. The molecule has 7 heteroatoms. The van der Waals surface area contributed by atoms with Crippen LogP contribution in [0.2, 0.25) is 0 Å². The summed E-state index contributed by atoms with van der Waals surface area (Å²) < 4.78 is 39.7. The van der Waals surface area contributed by atoms with Crippen molar-refractivity contribution in [3.05, 3.63) is 29.6 Å². The van der Waals surface area contributed by atoms with Crippen LogP contribution in [0, 0.1) is 18.7 Å². The highest BCUT2D eigenvalue weighted by molar-refractivity contribution is 7.89. The molecule has 1 fully saturated rings. The quantitative estimate of drug-likeness (QED) is 0.924. The monoisotopic (exact) mass is 322 g/mol. The van der Waals surface area contributed by atoms with Gasteiger partial charge < -0.3 is 5.73 Å². The third-order valence-corrected chi connectivity index (χ3v) is 5.58. The van der Waals surface area contributed by atoms with Gasteiger partial charge in [-0.25, -0.2) is 12.8 Å². The minimum Gasteiger partial charge on any atom is -0.330 e. The van der Waals surface area contributed by atoms with Crippen LogP contribution < -0.4 is 5.73 Å². The van der Waals surface area contributed by atoms with E-state index >= 15 is 0 Å². The summed E-state index contributed by atoms with van der Waals surface area (Å²) in [5, 5.41) is 0. The molecule has 2 rings (SSSR count). The van der Waals surface area contributed by atoms with Gasteiger partial charge in [-0.05, 0) is 49.9 Å². The van der Waals surface area contributed by atoms with Crippen molar-refractivity contribution < 1.29 is 12.8 Å². The van der Waals surface area contributed by atoms with Gasteiger partial charge in [-0.15, -0.1) is 12.4 Å². The first-order valence-corrected chi connectivity index (χ1v) is 7.85. The summed E-state index contributed by atoms with van der Waals surface area (Å²) in [4.78, 5) is 0.0294. The molecule has 1 aliphatic rings. The molecule has 0 aliphatic carbocycles. The van der Waals surface area contributed by atoms with Crippen molar-refractivity contribution >= 4 is 22.4 Å². The van der Waals surface area contributed by atoms with Crippen LogP contribution in [-0.2, 0) is 10.0 Å². The molecule has 1 saturated heterocycles. The number of nitrogens with zero attached hydrogens (tertiary/aromatic N) is 1. The first kappa shape index (κ1) is 17.4. The molecule has 0 amide bonds. The second-order valence-electron chi connectivity index (χ2n) is 4.99. The van der Waals surface area contributed by atoms with Gasteiger partial charge in [0.05, 0.1) is 4.90 Å². The maximum Gasteiger partial charge on any atom is 0.243 e. The Morgan fingerprint density at radius 3 is 2.45 bits per heavy atom. The van der Waals surface area contributed by atoms with Crippen molar-refractivity contribution in [1.29, 1.82) is 0 Å². The summed E-state index contributed by atoms with van der Waals surface area (Å²) in [6, 6.07) is 4.05. The molecule has 1 heterocycles. The Kier molecular flexibility index (Phi) is 5.94. The van der Waals surface area contributed by atoms with Crippen molar-refractivity contribution in [2.45, 2.75) is 24.7 Å². The van der Waals surface area contributed by atoms with Gasteiger partial charge in [-0.3, -0.25) is 0 Å². The summed E-state index contributed by atoms with van der Waals surface area (Å²) in [5.41, 5.74) is 6.03.